The van der Waals surface area contributed by atoms with Crippen LogP contribution in [0.25, 0.3) is 0 Å². The van der Waals surface area contributed by atoms with Crippen LogP contribution < -0.4 is 9.47 Å². The van der Waals surface area contributed by atoms with Gasteiger partial charge in [-0.15, -0.1) is 0 Å². The highest BCUT2D eigenvalue weighted by Gasteiger charge is 2.26. The van der Waals surface area contributed by atoms with Gasteiger partial charge in [-0.3, -0.25) is 9.69 Å². The molecule has 2 aromatic rings. The Labute approximate surface area is 153 Å². The molecular weight excluding hydrogens is 330 g/mol. The maximum atomic E-state index is 13.4. The molecule has 0 spiro atoms. The second kappa shape index (κ2) is 7.89. The molecule has 5 heteroatoms. The number of ketones is 1. The van der Waals surface area contributed by atoms with Crippen LogP contribution in [0.4, 0.5) is 0 Å². The lowest BCUT2D eigenvalue weighted by Crippen LogP contribution is -2.40. The van der Waals surface area contributed by atoms with E-state index in [0.717, 1.165) is 31.9 Å². The van der Waals surface area contributed by atoms with E-state index in [-0.39, 0.29) is 11.7 Å². The van der Waals surface area contributed by atoms with E-state index in [4.69, 9.17) is 14.2 Å². The van der Waals surface area contributed by atoms with Crippen LogP contribution in [0, 0.1) is 0 Å². The molecule has 4 rings (SSSR count). The van der Waals surface area contributed by atoms with E-state index >= 15 is 0 Å². The van der Waals surface area contributed by atoms with Gasteiger partial charge >= 0.3 is 0 Å². The topological polar surface area (TPSA) is 48.0 Å². The zero-order valence-electron chi connectivity index (χ0n) is 14.7. The number of carbonyl (C=O) groups is 1. The first-order chi connectivity index (χ1) is 12.8. The van der Waals surface area contributed by atoms with Crippen molar-refractivity contribution >= 4 is 5.78 Å². The second-order valence-corrected chi connectivity index (χ2v) is 6.60. The van der Waals surface area contributed by atoms with Crippen LogP contribution in [0.5, 0.6) is 11.5 Å². The molecule has 1 fully saturated rings. The van der Waals surface area contributed by atoms with Gasteiger partial charge in [-0.05, 0) is 23.8 Å². The third kappa shape index (κ3) is 3.74. The molecule has 1 atom stereocenters. The zero-order valence-corrected chi connectivity index (χ0v) is 14.7. The molecule has 0 saturated carbocycles. The van der Waals surface area contributed by atoms with Gasteiger partial charge in [-0.25, -0.2) is 0 Å². The number of nitrogens with zero attached hydrogens (tertiary/aromatic N) is 1. The van der Waals surface area contributed by atoms with Crippen molar-refractivity contribution in [2.45, 2.75) is 5.92 Å². The molecule has 1 saturated heterocycles. The van der Waals surface area contributed by atoms with E-state index < -0.39 is 0 Å². The molecule has 0 aromatic heterocycles. The van der Waals surface area contributed by atoms with Gasteiger partial charge < -0.3 is 14.2 Å². The Morgan fingerprint density at radius 1 is 0.923 bits per heavy atom. The first-order valence-corrected chi connectivity index (χ1v) is 9.10. The van der Waals surface area contributed by atoms with Crippen molar-refractivity contribution in [3.63, 3.8) is 0 Å². The standard InChI is InChI=1S/C21H23NO4/c23-21(17-6-7-19-20(14-17)26-13-12-25-19)18(16-4-2-1-3-5-16)15-22-8-10-24-11-9-22/h1-7,14,18H,8-13,15H2. The number of hydrogen-bond donors (Lipinski definition) is 0. The van der Waals surface area contributed by atoms with Crippen molar-refractivity contribution in [2.24, 2.45) is 0 Å². The Morgan fingerprint density at radius 2 is 1.65 bits per heavy atom. The highest BCUT2D eigenvalue weighted by Crippen LogP contribution is 2.33. The van der Waals surface area contributed by atoms with Gasteiger partial charge in [-0.1, -0.05) is 30.3 Å². The Morgan fingerprint density at radius 3 is 2.42 bits per heavy atom. The molecule has 0 N–H and O–H groups in total. The fraction of sp³-hybridized carbons (Fsp3) is 0.381. The Balaban J connectivity index is 1.61. The normalized spacial score (nSPS) is 18.3. The van der Waals surface area contributed by atoms with Crippen LogP contribution in [0.3, 0.4) is 0 Å². The van der Waals surface area contributed by atoms with Gasteiger partial charge in [0.05, 0.1) is 19.1 Å². The number of ether oxygens (including phenoxy) is 3. The molecular formula is C21H23NO4. The second-order valence-electron chi connectivity index (χ2n) is 6.60. The smallest absolute Gasteiger partial charge is 0.171 e. The number of Topliss-reactive ketones (excluding diaryl/α,β-unsaturated/α-hetero) is 1. The van der Waals surface area contributed by atoms with Gasteiger partial charge in [-0.2, -0.15) is 0 Å². The van der Waals surface area contributed by atoms with Crippen LogP contribution in [0.2, 0.25) is 0 Å². The monoisotopic (exact) mass is 353 g/mol. The predicted molar refractivity (Wildman–Crippen MR) is 98.2 cm³/mol. The van der Waals surface area contributed by atoms with Crippen LogP contribution in [0.1, 0.15) is 21.8 Å². The molecule has 2 aliphatic heterocycles. The fourth-order valence-electron chi connectivity index (χ4n) is 3.46. The van der Waals surface area contributed by atoms with E-state index in [0.29, 0.717) is 36.8 Å². The molecule has 0 radical (unpaired) electrons. The summed E-state index contributed by atoms with van der Waals surface area (Å²) in [6.45, 7) is 4.92. The molecule has 1 unspecified atom stereocenters. The lowest BCUT2D eigenvalue weighted by atomic mass is 9.89. The number of benzene rings is 2. The predicted octanol–water partition coefficient (Wildman–Crippen LogP) is 2.76. The molecule has 2 aromatic carbocycles. The molecule has 2 aliphatic rings. The first-order valence-electron chi connectivity index (χ1n) is 9.10. The van der Waals surface area contributed by atoms with Gasteiger partial charge in [0.1, 0.15) is 13.2 Å². The summed E-state index contributed by atoms with van der Waals surface area (Å²) in [4.78, 5) is 15.7. The van der Waals surface area contributed by atoms with Crippen molar-refractivity contribution in [3.05, 3.63) is 59.7 Å². The SMILES string of the molecule is O=C(c1ccc2c(c1)OCCO2)C(CN1CCOCC1)c1ccccc1. The molecule has 0 aliphatic carbocycles. The van der Waals surface area contributed by atoms with E-state index in [1.54, 1.807) is 0 Å². The molecule has 5 nitrogen and oxygen atoms in total. The summed E-state index contributed by atoms with van der Waals surface area (Å²) in [5, 5.41) is 0. The fourth-order valence-corrected chi connectivity index (χ4v) is 3.46. The average Bonchev–Trinajstić information content (AvgIpc) is 2.72. The third-order valence-electron chi connectivity index (χ3n) is 4.89. The number of rotatable bonds is 5. The maximum Gasteiger partial charge on any atom is 0.171 e. The Hall–Kier alpha value is -2.37. The average molecular weight is 353 g/mol. The highest BCUT2D eigenvalue weighted by atomic mass is 16.6. The lowest BCUT2D eigenvalue weighted by Gasteiger charge is -2.30. The van der Waals surface area contributed by atoms with Gasteiger partial charge in [0, 0.05) is 25.2 Å². The van der Waals surface area contributed by atoms with Gasteiger partial charge in [0.25, 0.3) is 0 Å². The highest BCUT2D eigenvalue weighted by molar-refractivity contribution is 6.01. The van der Waals surface area contributed by atoms with Crippen LogP contribution in [-0.2, 0) is 4.74 Å². The van der Waals surface area contributed by atoms with Gasteiger partial charge in [0.15, 0.2) is 17.3 Å². The summed E-state index contributed by atoms with van der Waals surface area (Å²) in [6, 6.07) is 15.5. The largest absolute Gasteiger partial charge is 0.486 e. The first kappa shape index (κ1) is 17.1. The molecule has 0 amide bonds. The Bertz CT molecular complexity index is 756. The molecule has 0 bridgehead atoms. The summed E-state index contributed by atoms with van der Waals surface area (Å²) >= 11 is 0. The van der Waals surface area contributed by atoms with Crippen molar-refractivity contribution in [1.82, 2.24) is 4.90 Å². The van der Waals surface area contributed by atoms with E-state index in [1.807, 2.05) is 48.5 Å². The van der Waals surface area contributed by atoms with Gasteiger partial charge in [0.2, 0.25) is 0 Å². The Kier molecular flexibility index (Phi) is 5.18. The summed E-state index contributed by atoms with van der Waals surface area (Å²) in [7, 11) is 0. The summed E-state index contributed by atoms with van der Waals surface area (Å²) in [5.74, 6) is 1.26. The summed E-state index contributed by atoms with van der Waals surface area (Å²) in [6.07, 6.45) is 0. The third-order valence-corrected chi connectivity index (χ3v) is 4.89. The van der Waals surface area contributed by atoms with E-state index in [1.165, 1.54) is 0 Å². The van der Waals surface area contributed by atoms with Crippen molar-refractivity contribution in [3.8, 4) is 11.5 Å². The molecule has 2 heterocycles. The number of carbonyl (C=O) groups excluding carboxylic acids is 1. The molecule has 26 heavy (non-hydrogen) atoms. The molecule has 136 valence electrons. The number of morpholine rings is 1. The minimum absolute atomic E-state index is 0.111. The minimum Gasteiger partial charge on any atom is -0.486 e. The van der Waals surface area contributed by atoms with Crippen LogP contribution in [-0.4, -0.2) is 56.7 Å². The van der Waals surface area contributed by atoms with Crippen LogP contribution >= 0.6 is 0 Å². The lowest BCUT2D eigenvalue weighted by molar-refractivity contribution is 0.0345. The van der Waals surface area contributed by atoms with Crippen molar-refractivity contribution in [2.75, 3.05) is 46.1 Å². The van der Waals surface area contributed by atoms with Crippen molar-refractivity contribution < 1.29 is 19.0 Å². The minimum atomic E-state index is -0.211. The zero-order chi connectivity index (χ0) is 17.8. The summed E-state index contributed by atoms with van der Waals surface area (Å²) in [5.41, 5.74) is 1.70. The van der Waals surface area contributed by atoms with E-state index in [2.05, 4.69) is 4.90 Å². The quantitative estimate of drug-likeness (QED) is 0.774. The van der Waals surface area contributed by atoms with Crippen molar-refractivity contribution in [1.29, 1.82) is 0 Å². The van der Waals surface area contributed by atoms with Crippen LogP contribution in [0.15, 0.2) is 48.5 Å². The number of fused-ring (bicyclic) bond motifs is 1. The number of hydrogen-bond acceptors (Lipinski definition) is 5. The maximum absolute atomic E-state index is 13.4. The summed E-state index contributed by atoms with van der Waals surface area (Å²) < 4.78 is 16.6. The van der Waals surface area contributed by atoms with E-state index in [9.17, 15) is 4.79 Å².